The molecule has 16 heavy (non-hydrogen) atoms. The lowest BCUT2D eigenvalue weighted by Gasteiger charge is -2.10. The van der Waals surface area contributed by atoms with E-state index < -0.39 is 0 Å². The van der Waals surface area contributed by atoms with Crippen LogP contribution in [-0.2, 0) is 6.42 Å². The summed E-state index contributed by atoms with van der Waals surface area (Å²) in [6.45, 7) is 0. The zero-order valence-corrected chi connectivity index (χ0v) is 11.2. The molecule has 0 aliphatic heterocycles. The smallest absolute Gasteiger partial charge is 0.0630 e. The predicted molar refractivity (Wildman–Crippen MR) is 68.9 cm³/mol. The molecular weight excluding hydrogens is 264 g/mol. The molecule has 1 heterocycles. The highest BCUT2D eigenvalue weighted by Crippen LogP contribution is 2.49. The third-order valence-corrected chi connectivity index (χ3v) is 5.35. The molecule has 2 saturated carbocycles. The molecular formula is C13H19BrN2. The number of halogens is 1. The molecule has 3 rings (SSSR count). The number of rotatable bonds is 4. The molecule has 2 aliphatic rings. The van der Waals surface area contributed by atoms with Gasteiger partial charge in [-0.15, -0.1) is 0 Å². The van der Waals surface area contributed by atoms with Gasteiger partial charge in [-0.25, -0.2) is 0 Å². The van der Waals surface area contributed by atoms with Gasteiger partial charge in [0.05, 0.1) is 11.7 Å². The topological polar surface area (TPSA) is 17.8 Å². The van der Waals surface area contributed by atoms with Crippen LogP contribution in [0.15, 0.2) is 12.3 Å². The van der Waals surface area contributed by atoms with Gasteiger partial charge < -0.3 is 0 Å². The second-order valence-corrected chi connectivity index (χ2v) is 6.10. The first-order valence-corrected chi connectivity index (χ1v) is 7.54. The first kappa shape index (κ1) is 10.8. The van der Waals surface area contributed by atoms with E-state index in [1.54, 1.807) is 0 Å². The lowest BCUT2D eigenvalue weighted by Crippen LogP contribution is -2.09. The minimum Gasteiger partial charge on any atom is -0.269 e. The summed E-state index contributed by atoms with van der Waals surface area (Å²) in [6.07, 6.45) is 11.5. The van der Waals surface area contributed by atoms with Crippen LogP contribution in [0.1, 0.15) is 50.3 Å². The molecule has 2 nitrogen and oxygen atoms in total. The fraction of sp³-hybridized carbons (Fsp3) is 0.769. The van der Waals surface area contributed by atoms with Crippen molar-refractivity contribution in [2.24, 2.45) is 5.41 Å². The fourth-order valence-electron chi connectivity index (χ4n) is 2.76. The highest BCUT2D eigenvalue weighted by Gasteiger charge is 2.41. The molecule has 0 aromatic carbocycles. The molecule has 0 N–H and O–H groups in total. The Morgan fingerprint density at radius 1 is 1.38 bits per heavy atom. The first-order valence-electron chi connectivity index (χ1n) is 6.41. The van der Waals surface area contributed by atoms with Gasteiger partial charge in [-0.3, -0.25) is 4.68 Å². The minimum atomic E-state index is 0.550. The number of aromatic nitrogens is 2. The van der Waals surface area contributed by atoms with Crippen LogP contribution in [0.4, 0.5) is 0 Å². The van der Waals surface area contributed by atoms with Crippen LogP contribution >= 0.6 is 15.9 Å². The van der Waals surface area contributed by atoms with Crippen molar-refractivity contribution in [1.82, 2.24) is 9.78 Å². The van der Waals surface area contributed by atoms with Crippen molar-refractivity contribution in [3.63, 3.8) is 0 Å². The summed E-state index contributed by atoms with van der Waals surface area (Å²) in [5.41, 5.74) is 1.85. The Kier molecular flexibility index (Phi) is 2.82. The number of nitrogens with zero attached hydrogens (tertiary/aromatic N) is 2. The summed E-state index contributed by atoms with van der Waals surface area (Å²) >= 11 is 3.63. The number of alkyl halides is 1. The van der Waals surface area contributed by atoms with Crippen molar-refractivity contribution in [3.8, 4) is 0 Å². The summed E-state index contributed by atoms with van der Waals surface area (Å²) in [5.74, 6) is 0. The van der Waals surface area contributed by atoms with Gasteiger partial charge in [-0.2, -0.15) is 5.10 Å². The Bertz CT molecular complexity index is 362. The van der Waals surface area contributed by atoms with Gasteiger partial charge in [0, 0.05) is 11.5 Å². The standard InChI is InChI=1S/C13H19BrN2/c14-10-13(6-7-13)9-11-5-8-16(15-11)12-3-1-2-4-12/h5,8,12H,1-4,6-7,9-10H2. The van der Waals surface area contributed by atoms with E-state index in [0.29, 0.717) is 11.5 Å². The van der Waals surface area contributed by atoms with Gasteiger partial charge in [0.2, 0.25) is 0 Å². The third-order valence-electron chi connectivity index (χ3n) is 4.16. The highest BCUT2D eigenvalue weighted by atomic mass is 79.9. The molecule has 0 radical (unpaired) electrons. The Morgan fingerprint density at radius 3 is 2.75 bits per heavy atom. The zero-order chi connectivity index (χ0) is 11.0. The van der Waals surface area contributed by atoms with Crippen LogP contribution in [0.25, 0.3) is 0 Å². The largest absolute Gasteiger partial charge is 0.269 e. The van der Waals surface area contributed by atoms with Crippen LogP contribution in [-0.4, -0.2) is 15.1 Å². The summed E-state index contributed by atoms with van der Waals surface area (Å²) in [7, 11) is 0. The molecule has 2 fully saturated rings. The summed E-state index contributed by atoms with van der Waals surface area (Å²) in [4.78, 5) is 0. The highest BCUT2D eigenvalue weighted by molar-refractivity contribution is 9.09. The zero-order valence-electron chi connectivity index (χ0n) is 9.66. The molecule has 0 saturated heterocycles. The fourth-order valence-corrected chi connectivity index (χ4v) is 3.52. The van der Waals surface area contributed by atoms with E-state index in [9.17, 15) is 0 Å². The molecule has 0 spiro atoms. The lowest BCUT2D eigenvalue weighted by atomic mass is 10.0. The maximum absolute atomic E-state index is 4.76. The number of hydrogen-bond acceptors (Lipinski definition) is 1. The molecule has 0 unspecified atom stereocenters. The Labute approximate surface area is 106 Å². The van der Waals surface area contributed by atoms with E-state index in [-0.39, 0.29) is 0 Å². The van der Waals surface area contributed by atoms with Crippen LogP contribution in [0.3, 0.4) is 0 Å². The van der Waals surface area contributed by atoms with Crippen molar-refractivity contribution in [1.29, 1.82) is 0 Å². The van der Waals surface area contributed by atoms with Gasteiger partial charge in [0.15, 0.2) is 0 Å². The second-order valence-electron chi connectivity index (χ2n) is 5.54. The Hall–Kier alpha value is -0.310. The molecule has 3 heteroatoms. The Morgan fingerprint density at radius 2 is 2.12 bits per heavy atom. The normalized spacial score (nSPS) is 23.8. The Balaban J connectivity index is 1.68. The minimum absolute atomic E-state index is 0.550. The first-order chi connectivity index (χ1) is 7.81. The van der Waals surface area contributed by atoms with Gasteiger partial charge in [-0.1, -0.05) is 28.8 Å². The molecule has 2 aliphatic carbocycles. The van der Waals surface area contributed by atoms with Crippen LogP contribution < -0.4 is 0 Å². The van der Waals surface area contributed by atoms with E-state index in [4.69, 9.17) is 5.10 Å². The van der Waals surface area contributed by atoms with E-state index in [0.717, 1.165) is 11.8 Å². The molecule has 1 aromatic heterocycles. The van der Waals surface area contributed by atoms with Crippen molar-refractivity contribution in [2.45, 2.75) is 51.0 Å². The summed E-state index contributed by atoms with van der Waals surface area (Å²) < 4.78 is 2.21. The predicted octanol–water partition coefficient (Wildman–Crippen LogP) is 3.72. The summed E-state index contributed by atoms with van der Waals surface area (Å²) in [5, 5.41) is 5.90. The van der Waals surface area contributed by atoms with Crippen LogP contribution in [0, 0.1) is 5.41 Å². The second kappa shape index (κ2) is 4.17. The monoisotopic (exact) mass is 282 g/mol. The van der Waals surface area contributed by atoms with Gasteiger partial charge in [-0.05, 0) is 43.6 Å². The lowest BCUT2D eigenvalue weighted by molar-refractivity contribution is 0.457. The van der Waals surface area contributed by atoms with Crippen molar-refractivity contribution >= 4 is 15.9 Å². The van der Waals surface area contributed by atoms with E-state index in [1.165, 1.54) is 44.2 Å². The molecule has 1 aromatic rings. The van der Waals surface area contributed by atoms with Crippen molar-refractivity contribution in [3.05, 3.63) is 18.0 Å². The molecule has 0 bridgehead atoms. The maximum atomic E-state index is 4.76. The molecule has 88 valence electrons. The van der Waals surface area contributed by atoms with Crippen molar-refractivity contribution in [2.75, 3.05) is 5.33 Å². The van der Waals surface area contributed by atoms with E-state index >= 15 is 0 Å². The van der Waals surface area contributed by atoms with Gasteiger partial charge in [0.1, 0.15) is 0 Å². The summed E-state index contributed by atoms with van der Waals surface area (Å²) in [6, 6.07) is 2.91. The number of hydrogen-bond donors (Lipinski definition) is 0. The van der Waals surface area contributed by atoms with E-state index in [1.807, 2.05) is 0 Å². The van der Waals surface area contributed by atoms with Crippen LogP contribution in [0.5, 0.6) is 0 Å². The maximum Gasteiger partial charge on any atom is 0.0630 e. The van der Waals surface area contributed by atoms with Gasteiger partial charge in [0.25, 0.3) is 0 Å². The molecule has 0 amide bonds. The van der Waals surface area contributed by atoms with Crippen LogP contribution in [0.2, 0.25) is 0 Å². The van der Waals surface area contributed by atoms with Gasteiger partial charge >= 0.3 is 0 Å². The molecule has 0 atom stereocenters. The third kappa shape index (κ3) is 2.06. The SMILES string of the molecule is BrCC1(Cc2ccn(C3CCCC3)n2)CC1. The quantitative estimate of drug-likeness (QED) is 0.770. The van der Waals surface area contributed by atoms with E-state index in [2.05, 4.69) is 32.9 Å². The van der Waals surface area contributed by atoms with Crippen molar-refractivity contribution < 1.29 is 0 Å². The average Bonchev–Trinajstić information content (AvgIpc) is 2.72. The average molecular weight is 283 g/mol.